The Kier molecular flexibility index (Phi) is 2.58. The SMILES string of the molecule is COC(=O)c1sc2nc(Cl)ncc2c1C. The molecule has 0 saturated heterocycles. The van der Waals surface area contributed by atoms with Crippen LogP contribution in [0, 0.1) is 6.92 Å². The molecule has 0 amide bonds. The summed E-state index contributed by atoms with van der Waals surface area (Å²) >= 11 is 6.92. The highest BCUT2D eigenvalue weighted by Crippen LogP contribution is 2.29. The summed E-state index contributed by atoms with van der Waals surface area (Å²) in [5.74, 6) is -0.355. The van der Waals surface area contributed by atoms with Crippen LogP contribution in [0.5, 0.6) is 0 Å². The standard InChI is InChI=1S/C9H7ClN2O2S/c1-4-5-3-11-9(10)12-7(5)15-6(4)8(13)14-2/h3H,1-2H3. The lowest BCUT2D eigenvalue weighted by Crippen LogP contribution is -1.99. The van der Waals surface area contributed by atoms with Gasteiger partial charge in [0.05, 0.1) is 7.11 Å². The van der Waals surface area contributed by atoms with Crippen molar-refractivity contribution in [1.29, 1.82) is 0 Å². The monoisotopic (exact) mass is 242 g/mol. The number of ether oxygens (including phenoxy) is 1. The Hall–Kier alpha value is -1.20. The fourth-order valence-electron chi connectivity index (χ4n) is 1.26. The lowest BCUT2D eigenvalue weighted by atomic mass is 10.2. The number of carbonyl (C=O) groups excluding carboxylic acids is 1. The number of methoxy groups -OCH3 is 1. The molecule has 0 fully saturated rings. The largest absolute Gasteiger partial charge is 0.465 e. The van der Waals surface area contributed by atoms with Crippen molar-refractivity contribution < 1.29 is 9.53 Å². The third kappa shape index (κ3) is 1.68. The average Bonchev–Trinajstić information content (AvgIpc) is 2.54. The zero-order chi connectivity index (χ0) is 11.0. The minimum absolute atomic E-state index is 0.181. The average molecular weight is 243 g/mol. The van der Waals surface area contributed by atoms with Gasteiger partial charge in [0.1, 0.15) is 9.71 Å². The molecular weight excluding hydrogens is 236 g/mol. The van der Waals surface area contributed by atoms with Gasteiger partial charge in [0, 0.05) is 11.6 Å². The molecule has 2 heterocycles. The Balaban J connectivity index is 2.69. The number of hydrogen-bond acceptors (Lipinski definition) is 5. The first-order valence-electron chi connectivity index (χ1n) is 4.13. The van der Waals surface area contributed by atoms with E-state index in [1.54, 1.807) is 6.20 Å². The zero-order valence-corrected chi connectivity index (χ0v) is 9.65. The van der Waals surface area contributed by atoms with E-state index < -0.39 is 0 Å². The van der Waals surface area contributed by atoms with Gasteiger partial charge in [-0.1, -0.05) is 0 Å². The van der Waals surface area contributed by atoms with Crippen molar-refractivity contribution in [2.24, 2.45) is 0 Å². The number of fused-ring (bicyclic) bond motifs is 1. The summed E-state index contributed by atoms with van der Waals surface area (Å²) in [6.07, 6.45) is 1.61. The van der Waals surface area contributed by atoms with Gasteiger partial charge >= 0.3 is 5.97 Å². The molecule has 2 aromatic heterocycles. The third-order valence-corrected chi connectivity index (χ3v) is 3.40. The predicted molar refractivity (Wildman–Crippen MR) is 58.5 cm³/mol. The molecule has 0 radical (unpaired) electrons. The minimum Gasteiger partial charge on any atom is -0.465 e. The van der Waals surface area contributed by atoms with Gasteiger partial charge < -0.3 is 4.74 Å². The van der Waals surface area contributed by atoms with Gasteiger partial charge in [-0.15, -0.1) is 11.3 Å². The molecule has 78 valence electrons. The summed E-state index contributed by atoms with van der Waals surface area (Å²) in [7, 11) is 1.35. The van der Waals surface area contributed by atoms with Crippen LogP contribution >= 0.6 is 22.9 Å². The van der Waals surface area contributed by atoms with Gasteiger partial charge in [0.25, 0.3) is 0 Å². The van der Waals surface area contributed by atoms with Gasteiger partial charge in [-0.05, 0) is 24.1 Å². The Labute approximate surface area is 94.9 Å². The Morgan fingerprint density at radius 2 is 2.33 bits per heavy atom. The van der Waals surface area contributed by atoms with Crippen LogP contribution in [0.1, 0.15) is 15.2 Å². The first kappa shape index (κ1) is 10.3. The van der Waals surface area contributed by atoms with E-state index in [0.717, 1.165) is 10.9 Å². The number of hydrogen-bond donors (Lipinski definition) is 0. The van der Waals surface area contributed by atoms with Crippen LogP contribution < -0.4 is 0 Å². The molecule has 6 heteroatoms. The lowest BCUT2D eigenvalue weighted by Gasteiger charge is -1.95. The first-order chi connectivity index (χ1) is 7.13. The van der Waals surface area contributed by atoms with Gasteiger partial charge in [-0.25, -0.2) is 14.8 Å². The maximum Gasteiger partial charge on any atom is 0.348 e. The molecule has 0 bridgehead atoms. The summed E-state index contributed by atoms with van der Waals surface area (Å²) in [5.41, 5.74) is 0.832. The van der Waals surface area contributed by atoms with Crippen LogP contribution in [-0.4, -0.2) is 23.0 Å². The smallest absolute Gasteiger partial charge is 0.348 e. The number of carbonyl (C=O) groups is 1. The maximum absolute atomic E-state index is 11.4. The van der Waals surface area contributed by atoms with Gasteiger partial charge in [0.15, 0.2) is 0 Å². The number of rotatable bonds is 1. The molecule has 0 aromatic carbocycles. The Morgan fingerprint density at radius 3 is 3.00 bits per heavy atom. The summed E-state index contributed by atoms with van der Waals surface area (Å²) in [5, 5.41) is 1.02. The number of nitrogens with zero attached hydrogens (tertiary/aromatic N) is 2. The van der Waals surface area contributed by atoms with Crippen LogP contribution in [0.2, 0.25) is 5.28 Å². The highest BCUT2D eigenvalue weighted by molar-refractivity contribution is 7.20. The topological polar surface area (TPSA) is 52.1 Å². The van der Waals surface area contributed by atoms with Gasteiger partial charge in [-0.2, -0.15) is 0 Å². The first-order valence-corrected chi connectivity index (χ1v) is 5.33. The molecule has 0 saturated carbocycles. The fourth-order valence-corrected chi connectivity index (χ4v) is 2.52. The molecule has 0 N–H and O–H groups in total. The molecule has 2 rings (SSSR count). The minimum atomic E-state index is -0.355. The number of aryl methyl sites for hydroxylation is 1. The second kappa shape index (κ2) is 3.75. The highest BCUT2D eigenvalue weighted by atomic mass is 35.5. The van der Waals surface area contributed by atoms with E-state index >= 15 is 0 Å². The molecular formula is C9H7ClN2O2S. The number of aromatic nitrogens is 2. The molecule has 2 aromatic rings. The van der Waals surface area contributed by atoms with Crippen molar-refractivity contribution in [3.63, 3.8) is 0 Å². The molecule has 4 nitrogen and oxygen atoms in total. The van der Waals surface area contributed by atoms with Crippen molar-refractivity contribution in [2.75, 3.05) is 7.11 Å². The van der Waals surface area contributed by atoms with E-state index in [2.05, 4.69) is 14.7 Å². The Morgan fingerprint density at radius 1 is 1.60 bits per heavy atom. The predicted octanol–water partition coefficient (Wildman–Crippen LogP) is 2.44. The van der Waals surface area contributed by atoms with E-state index in [9.17, 15) is 4.79 Å². The van der Waals surface area contributed by atoms with Crippen molar-refractivity contribution in [1.82, 2.24) is 9.97 Å². The van der Waals surface area contributed by atoms with E-state index in [1.807, 2.05) is 6.92 Å². The van der Waals surface area contributed by atoms with Crippen molar-refractivity contribution in [2.45, 2.75) is 6.92 Å². The normalized spacial score (nSPS) is 10.6. The summed E-state index contributed by atoms with van der Waals surface area (Å²) < 4.78 is 4.67. The van der Waals surface area contributed by atoms with Crippen LogP contribution in [0.4, 0.5) is 0 Å². The van der Waals surface area contributed by atoms with E-state index in [1.165, 1.54) is 18.4 Å². The zero-order valence-electron chi connectivity index (χ0n) is 8.07. The van der Waals surface area contributed by atoms with Gasteiger partial charge in [0.2, 0.25) is 5.28 Å². The highest BCUT2D eigenvalue weighted by Gasteiger charge is 2.16. The van der Waals surface area contributed by atoms with Crippen LogP contribution in [0.15, 0.2) is 6.20 Å². The molecule has 0 spiro atoms. The van der Waals surface area contributed by atoms with Gasteiger partial charge in [-0.3, -0.25) is 0 Å². The summed E-state index contributed by atoms with van der Waals surface area (Å²) in [4.78, 5) is 20.6. The molecule has 0 atom stereocenters. The van der Waals surface area contributed by atoms with Crippen LogP contribution in [0.25, 0.3) is 10.2 Å². The summed E-state index contributed by atoms with van der Waals surface area (Å²) in [6.45, 7) is 1.84. The fraction of sp³-hybridized carbons (Fsp3) is 0.222. The summed E-state index contributed by atoms with van der Waals surface area (Å²) in [6, 6.07) is 0. The van der Waals surface area contributed by atoms with E-state index in [0.29, 0.717) is 9.71 Å². The van der Waals surface area contributed by atoms with Crippen LogP contribution in [-0.2, 0) is 4.74 Å². The molecule has 0 aliphatic carbocycles. The second-order valence-corrected chi connectivity index (χ2v) is 4.24. The number of esters is 1. The second-order valence-electron chi connectivity index (χ2n) is 2.91. The molecule has 15 heavy (non-hydrogen) atoms. The molecule has 0 unspecified atom stereocenters. The maximum atomic E-state index is 11.4. The van der Waals surface area contributed by atoms with Crippen molar-refractivity contribution in [3.05, 3.63) is 21.9 Å². The molecule has 0 aliphatic heterocycles. The van der Waals surface area contributed by atoms with Crippen molar-refractivity contribution >= 4 is 39.1 Å². The van der Waals surface area contributed by atoms with Crippen LogP contribution in [0.3, 0.4) is 0 Å². The number of thiophene rings is 1. The van der Waals surface area contributed by atoms with E-state index in [-0.39, 0.29) is 11.3 Å². The van der Waals surface area contributed by atoms with Crippen molar-refractivity contribution in [3.8, 4) is 0 Å². The lowest BCUT2D eigenvalue weighted by molar-refractivity contribution is 0.0605. The molecule has 0 aliphatic rings. The Bertz CT molecular complexity index is 538. The van der Waals surface area contributed by atoms with E-state index in [4.69, 9.17) is 11.6 Å². The third-order valence-electron chi connectivity index (χ3n) is 2.04. The number of halogens is 1. The quantitative estimate of drug-likeness (QED) is 0.569.